The van der Waals surface area contributed by atoms with E-state index in [9.17, 15) is 19.5 Å². The van der Waals surface area contributed by atoms with Crippen molar-refractivity contribution in [2.45, 2.75) is 31.2 Å². The second-order valence-corrected chi connectivity index (χ2v) is 8.47. The second-order valence-electron chi connectivity index (χ2n) is 8.47. The molecular weight excluding hydrogens is 428 g/mol. The van der Waals surface area contributed by atoms with Crippen molar-refractivity contribution in [2.75, 3.05) is 13.1 Å². The third-order valence-corrected chi connectivity index (χ3v) is 6.29. The van der Waals surface area contributed by atoms with Gasteiger partial charge in [0, 0.05) is 30.1 Å². The molecule has 6 heteroatoms. The summed E-state index contributed by atoms with van der Waals surface area (Å²) in [5.41, 5.74) is 3.75. The Bertz CT molecular complexity index is 1180. The highest BCUT2D eigenvalue weighted by molar-refractivity contribution is 6.10. The summed E-state index contributed by atoms with van der Waals surface area (Å²) in [4.78, 5) is 37.7. The van der Waals surface area contributed by atoms with Gasteiger partial charge < -0.3 is 15.7 Å². The van der Waals surface area contributed by atoms with Gasteiger partial charge in [-0.2, -0.15) is 0 Å². The molecule has 3 aromatic rings. The number of rotatable bonds is 9. The molecule has 1 heterocycles. The van der Waals surface area contributed by atoms with Crippen LogP contribution in [0.1, 0.15) is 57.4 Å². The largest absolute Gasteiger partial charge is 0.481 e. The SMILES string of the molecule is O=C(CC[C@H](C(=O)O)c1ccccc1C(=O)c1ccccc1)NC[C@@H]1NCCc2ccccc21. The van der Waals surface area contributed by atoms with E-state index in [4.69, 9.17) is 0 Å². The topological polar surface area (TPSA) is 95.5 Å². The van der Waals surface area contributed by atoms with Crippen LogP contribution in [0.15, 0.2) is 78.9 Å². The minimum Gasteiger partial charge on any atom is -0.481 e. The molecule has 2 atom stereocenters. The number of hydrogen-bond donors (Lipinski definition) is 3. The molecule has 6 nitrogen and oxygen atoms in total. The molecule has 0 bridgehead atoms. The molecule has 1 amide bonds. The summed E-state index contributed by atoms with van der Waals surface area (Å²) < 4.78 is 0. The molecule has 0 saturated carbocycles. The first-order valence-corrected chi connectivity index (χ1v) is 11.5. The lowest BCUT2D eigenvalue weighted by Gasteiger charge is -2.27. The normalized spacial score (nSPS) is 15.7. The van der Waals surface area contributed by atoms with Crippen LogP contribution in [-0.2, 0) is 16.0 Å². The Morgan fingerprint density at radius 1 is 0.941 bits per heavy atom. The number of amides is 1. The Labute approximate surface area is 199 Å². The number of aliphatic carboxylic acids is 1. The van der Waals surface area contributed by atoms with Gasteiger partial charge in [0.1, 0.15) is 0 Å². The van der Waals surface area contributed by atoms with Crippen molar-refractivity contribution in [2.24, 2.45) is 0 Å². The average molecular weight is 457 g/mol. The molecule has 0 fully saturated rings. The minimum atomic E-state index is -1.05. The van der Waals surface area contributed by atoms with Crippen molar-refractivity contribution in [3.05, 3.63) is 107 Å². The Kier molecular flexibility index (Phi) is 7.50. The summed E-state index contributed by atoms with van der Waals surface area (Å²) in [5, 5.41) is 16.3. The zero-order valence-corrected chi connectivity index (χ0v) is 18.9. The zero-order chi connectivity index (χ0) is 23.9. The molecule has 0 spiro atoms. The Morgan fingerprint density at radius 2 is 1.65 bits per heavy atom. The minimum absolute atomic E-state index is 0.0355. The molecule has 1 aliphatic heterocycles. The Balaban J connectivity index is 1.42. The fourth-order valence-corrected chi connectivity index (χ4v) is 4.52. The number of benzene rings is 3. The predicted octanol–water partition coefficient (Wildman–Crippen LogP) is 3.87. The lowest BCUT2D eigenvalue weighted by molar-refractivity contribution is -0.139. The van der Waals surface area contributed by atoms with Gasteiger partial charge in [-0.25, -0.2) is 0 Å². The number of nitrogens with one attached hydrogen (secondary N) is 2. The Morgan fingerprint density at radius 3 is 2.44 bits per heavy atom. The van der Waals surface area contributed by atoms with Gasteiger partial charge in [0.15, 0.2) is 5.78 Å². The fraction of sp³-hybridized carbons (Fsp3) is 0.250. The van der Waals surface area contributed by atoms with E-state index in [2.05, 4.69) is 22.8 Å². The van der Waals surface area contributed by atoms with Crippen LogP contribution >= 0.6 is 0 Å². The fourth-order valence-electron chi connectivity index (χ4n) is 4.52. The standard InChI is InChI=1S/C28H28N2O4/c31-26(30-18-25-21-11-5-4-8-19(21)16-17-29-25)15-14-24(28(33)34)22-12-6-7-13-23(22)27(32)20-9-2-1-3-10-20/h1-13,24-25,29H,14-18H2,(H,30,31)(H,33,34)/t24-,25-/m0/s1. The van der Waals surface area contributed by atoms with Gasteiger partial charge in [0.2, 0.25) is 5.91 Å². The summed E-state index contributed by atoms with van der Waals surface area (Å²) in [7, 11) is 0. The van der Waals surface area contributed by atoms with Crippen molar-refractivity contribution in [1.29, 1.82) is 0 Å². The predicted molar refractivity (Wildman–Crippen MR) is 130 cm³/mol. The number of hydrogen-bond acceptors (Lipinski definition) is 4. The molecule has 4 rings (SSSR count). The van der Waals surface area contributed by atoms with Gasteiger partial charge >= 0.3 is 5.97 Å². The quantitative estimate of drug-likeness (QED) is 0.425. The molecule has 3 aromatic carbocycles. The first-order valence-electron chi connectivity index (χ1n) is 11.5. The smallest absolute Gasteiger partial charge is 0.311 e. The van der Waals surface area contributed by atoms with Crippen molar-refractivity contribution in [3.63, 3.8) is 0 Å². The van der Waals surface area contributed by atoms with Crippen LogP contribution in [0.5, 0.6) is 0 Å². The van der Waals surface area contributed by atoms with Crippen LogP contribution in [0.4, 0.5) is 0 Å². The summed E-state index contributed by atoms with van der Waals surface area (Å²) in [6, 6.07) is 23.8. The van der Waals surface area contributed by atoms with Crippen molar-refractivity contribution >= 4 is 17.7 Å². The number of carboxylic acids is 1. The molecule has 0 aromatic heterocycles. The molecule has 0 saturated heterocycles. The van der Waals surface area contributed by atoms with E-state index in [1.165, 1.54) is 11.1 Å². The average Bonchev–Trinajstić information content (AvgIpc) is 2.87. The van der Waals surface area contributed by atoms with E-state index in [-0.39, 0.29) is 30.6 Å². The van der Waals surface area contributed by atoms with Gasteiger partial charge in [-0.3, -0.25) is 14.4 Å². The molecule has 34 heavy (non-hydrogen) atoms. The maximum atomic E-state index is 13.0. The van der Waals surface area contributed by atoms with Crippen molar-refractivity contribution in [1.82, 2.24) is 10.6 Å². The van der Waals surface area contributed by atoms with E-state index in [1.54, 1.807) is 48.5 Å². The summed E-state index contributed by atoms with van der Waals surface area (Å²) in [6.07, 6.45) is 1.12. The third kappa shape index (κ3) is 5.41. The molecule has 3 N–H and O–H groups in total. The molecule has 0 unspecified atom stereocenters. The number of carbonyl (C=O) groups is 3. The molecule has 0 aliphatic carbocycles. The van der Waals surface area contributed by atoms with Crippen LogP contribution in [0, 0.1) is 0 Å². The number of ketones is 1. The van der Waals surface area contributed by atoms with Gasteiger partial charge in [-0.05, 0) is 36.1 Å². The maximum absolute atomic E-state index is 13.0. The second kappa shape index (κ2) is 10.9. The highest BCUT2D eigenvalue weighted by atomic mass is 16.4. The van der Waals surface area contributed by atoms with E-state index in [0.29, 0.717) is 23.2 Å². The lowest BCUT2D eigenvalue weighted by Crippen LogP contribution is -2.38. The van der Waals surface area contributed by atoms with Gasteiger partial charge in [-0.15, -0.1) is 0 Å². The maximum Gasteiger partial charge on any atom is 0.311 e. The highest BCUT2D eigenvalue weighted by Gasteiger charge is 2.26. The van der Waals surface area contributed by atoms with Gasteiger partial charge in [-0.1, -0.05) is 78.9 Å². The molecular formula is C28H28N2O4. The lowest BCUT2D eigenvalue weighted by atomic mass is 9.87. The summed E-state index contributed by atoms with van der Waals surface area (Å²) in [5.74, 6) is -2.44. The Hall–Kier alpha value is -3.77. The van der Waals surface area contributed by atoms with Crippen LogP contribution < -0.4 is 10.6 Å². The summed E-state index contributed by atoms with van der Waals surface area (Å²) >= 11 is 0. The molecule has 1 aliphatic rings. The van der Waals surface area contributed by atoms with E-state index >= 15 is 0 Å². The first-order chi connectivity index (χ1) is 16.5. The van der Waals surface area contributed by atoms with Crippen LogP contribution in [0.2, 0.25) is 0 Å². The molecule has 174 valence electrons. The van der Waals surface area contributed by atoms with Crippen molar-refractivity contribution < 1.29 is 19.5 Å². The number of fused-ring (bicyclic) bond motifs is 1. The van der Waals surface area contributed by atoms with Crippen LogP contribution in [0.25, 0.3) is 0 Å². The zero-order valence-electron chi connectivity index (χ0n) is 18.9. The highest BCUT2D eigenvalue weighted by Crippen LogP contribution is 2.27. The third-order valence-electron chi connectivity index (χ3n) is 6.29. The summed E-state index contributed by atoms with van der Waals surface area (Å²) in [6.45, 7) is 1.29. The first kappa shape index (κ1) is 23.4. The van der Waals surface area contributed by atoms with E-state index in [0.717, 1.165) is 13.0 Å². The monoisotopic (exact) mass is 456 g/mol. The van der Waals surface area contributed by atoms with Crippen LogP contribution in [0.3, 0.4) is 0 Å². The van der Waals surface area contributed by atoms with E-state index in [1.807, 2.05) is 18.2 Å². The number of carbonyl (C=O) groups excluding carboxylic acids is 2. The van der Waals surface area contributed by atoms with Crippen LogP contribution in [-0.4, -0.2) is 35.9 Å². The molecule has 0 radical (unpaired) electrons. The van der Waals surface area contributed by atoms with E-state index < -0.39 is 11.9 Å². The number of carboxylic acid groups (broad SMARTS) is 1. The van der Waals surface area contributed by atoms with Gasteiger partial charge in [0.25, 0.3) is 0 Å². The van der Waals surface area contributed by atoms with Gasteiger partial charge in [0.05, 0.1) is 5.92 Å². The van der Waals surface area contributed by atoms with Crippen molar-refractivity contribution in [3.8, 4) is 0 Å².